The average molecular weight is 291 g/mol. The van der Waals surface area contributed by atoms with E-state index in [0.29, 0.717) is 19.8 Å². The van der Waals surface area contributed by atoms with Gasteiger partial charge in [0.15, 0.2) is 0 Å². The van der Waals surface area contributed by atoms with Crippen LogP contribution in [-0.2, 0) is 13.3 Å². The molecule has 0 atom stereocenters. The highest BCUT2D eigenvalue weighted by molar-refractivity contribution is 6.74. The van der Waals surface area contributed by atoms with E-state index >= 15 is 0 Å². The molecule has 2 aromatic rings. The van der Waals surface area contributed by atoms with Crippen LogP contribution in [0.3, 0.4) is 0 Å². The van der Waals surface area contributed by atoms with Crippen LogP contribution in [0.4, 0.5) is 0 Å². The van der Waals surface area contributed by atoms with Crippen molar-refractivity contribution in [3.05, 3.63) is 36.4 Å². The van der Waals surface area contributed by atoms with Gasteiger partial charge in [-0.05, 0) is 32.9 Å². The highest BCUT2D eigenvalue weighted by Crippen LogP contribution is 2.14. The van der Waals surface area contributed by atoms with Crippen molar-refractivity contribution in [2.45, 2.75) is 20.8 Å². The third kappa shape index (κ3) is 3.07. The summed E-state index contributed by atoms with van der Waals surface area (Å²) in [6, 6.07) is 12.0. The number of pyridine rings is 1. The zero-order valence-electron chi connectivity index (χ0n) is 12.3. The zero-order chi connectivity index (χ0) is 14.4. The van der Waals surface area contributed by atoms with Gasteiger partial charge in [-0.3, -0.25) is 0 Å². The van der Waals surface area contributed by atoms with Crippen molar-refractivity contribution in [1.29, 1.82) is 0 Å². The molecule has 0 saturated heterocycles. The smallest absolute Gasteiger partial charge is 0.369 e. The summed E-state index contributed by atoms with van der Waals surface area (Å²) in [6.45, 7) is 7.46. The number of aromatic nitrogens is 1. The minimum absolute atomic E-state index is 0.542. The second-order valence-electron chi connectivity index (χ2n) is 4.24. The molecule has 0 aliphatic heterocycles. The SMILES string of the molecule is CCO[Si](OCC)(OCC)c1ccc2ccccc2n1. The molecule has 0 amide bonds. The predicted octanol–water partition coefficient (Wildman–Crippen LogP) is 2.49. The number of para-hydroxylation sites is 1. The van der Waals surface area contributed by atoms with Crippen LogP contribution in [0.2, 0.25) is 0 Å². The molecule has 108 valence electrons. The summed E-state index contributed by atoms with van der Waals surface area (Å²) in [5, 5.41) is 1.88. The Morgan fingerprint density at radius 2 is 1.45 bits per heavy atom. The minimum atomic E-state index is -2.90. The Morgan fingerprint density at radius 1 is 0.850 bits per heavy atom. The Morgan fingerprint density at radius 3 is 2.05 bits per heavy atom. The molecule has 0 aliphatic rings. The third-order valence-electron chi connectivity index (χ3n) is 2.92. The second-order valence-corrected chi connectivity index (χ2v) is 6.74. The number of hydrogen-bond donors (Lipinski definition) is 0. The molecule has 5 heteroatoms. The summed E-state index contributed by atoms with van der Waals surface area (Å²) in [7, 11) is -2.90. The summed E-state index contributed by atoms with van der Waals surface area (Å²) in [5.74, 6) is 0. The van der Waals surface area contributed by atoms with Crippen molar-refractivity contribution < 1.29 is 13.3 Å². The molecule has 20 heavy (non-hydrogen) atoms. The number of nitrogens with zero attached hydrogens (tertiary/aromatic N) is 1. The summed E-state index contributed by atoms with van der Waals surface area (Å²) < 4.78 is 17.6. The van der Waals surface area contributed by atoms with Crippen molar-refractivity contribution in [2.24, 2.45) is 0 Å². The van der Waals surface area contributed by atoms with Crippen molar-refractivity contribution in [3.8, 4) is 0 Å². The molecule has 0 N–H and O–H groups in total. The fourth-order valence-electron chi connectivity index (χ4n) is 2.15. The Labute approximate surface area is 121 Å². The summed E-state index contributed by atoms with van der Waals surface area (Å²) in [6.07, 6.45) is 0. The maximum Gasteiger partial charge on any atom is 0.556 e. The maximum atomic E-state index is 5.88. The van der Waals surface area contributed by atoms with E-state index in [1.165, 1.54) is 0 Å². The number of hydrogen-bond acceptors (Lipinski definition) is 4. The van der Waals surface area contributed by atoms with Gasteiger partial charge in [0.1, 0.15) is 5.32 Å². The highest BCUT2D eigenvalue weighted by atomic mass is 28.4. The van der Waals surface area contributed by atoms with Crippen LogP contribution < -0.4 is 5.32 Å². The van der Waals surface area contributed by atoms with Gasteiger partial charge in [-0.2, -0.15) is 0 Å². The molecular weight excluding hydrogens is 270 g/mol. The number of fused-ring (bicyclic) bond motifs is 1. The Bertz CT molecular complexity index is 545. The second kappa shape index (κ2) is 6.94. The van der Waals surface area contributed by atoms with E-state index in [4.69, 9.17) is 18.3 Å². The lowest BCUT2D eigenvalue weighted by Gasteiger charge is -2.27. The fourth-order valence-corrected chi connectivity index (χ4v) is 4.53. The van der Waals surface area contributed by atoms with Gasteiger partial charge in [-0.25, -0.2) is 4.98 Å². The normalized spacial score (nSPS) is 11.9. The van der Waals surface area contributed by atoms with Crippen LogP contribution in [0.25, 0.3) is 10.9 Å². The summed E-state index contributed by atoms with van der Waals surface area (Å²) in [4.78, 5) is 4.69. The van der Waals surface area contributed by atoms with Crippen LogP contribution in [0.5, 0.6) is 0 Å². The van der Waals surface area contributed by atoms with E-state index in [1.54, 1.807) is 0 Å². The molecule has 2 rings (SSSR count). The standard InChI is InChI=1S/C15H21NO3Si/c1-4-17-20(18-5-2,19-6-3)15-12-11-13-9-7-8-10-14(13)16-15/h7-12H,4-6H2,1-3H3. The van der Waals surface area contributed by atoms with Crippen molar-refractivity contribution in [3.63, 3.8) is 0 Å². The van der Waals surface area contributed by atoms with Crippen LogP contribution in [0.15, 0.2) is 36.4 Å². The van der Waals surface area contributed by atoms with Crippen molar-refractivity contribution in [1.82, 2.24) is 4.98 Å². The highest BCUT2D eigenvalue weighted by Gasteiger charge is 2.45. The van der Waals surface area contributed by atoms with E-state index < -0.39 is 8.80 Å². The topological polar surface area (TPSA) is 40.6 Å². The molecule has 1 aromatic heterocycles. The molecule has 0 aliphatic carbocycles. The molecule has 0 saturated carbocycles. The zero-order valence-corrected chi connectivity index (χ0v) is 13.3. The van der Waals surface area contributed by atoms with Gasteiger partial charge in [0.25, 0.3) is 0 Å². The predicted molar refractivity (Wildman–Crippen MR) is 82.0 cm³/mol. The lowest BCUT2D eigenvalue weighted by Crippen LogP contribution is -2.58. The van der Waals surface area contributed by atoms with Crippen molar-refractivity contribution in [2.75, 3.05) is 19.8 Å². The van der Waals surface area contributed by atoms with Gasteiger partial charge in [-0.15, -0.1) is 0 Å². The monoisotopic (exact) mass is 291 g/mol. The van der Waals surface area contributed by atoms with Gasteiger partial charge in [0.2, 0.25) is 0 Å². The molecule has 0 radical (unpaired) electrons. The molecule has 1 heterocycles. The van der Waals surface area contributed by atoms with Crippen LogP contribution >= 0.6 is 0 Å². The van der Waals surface area contributed by atoms with Gasteiger partial charge < -0.3 is 13.3 Å². The molecule has 0 unspecified atom stereocenters. The van der Waals surface area contributed by atoms with E-state index in [2.05, 4.69) is 0 Å². The first kappa shape index (κ1) is 15.1. The molecule has 0 spiro atoms. The van der Waals surface area contributed by atoms with E-state index in [0.717, 1.165) is 16.2 Å². The molecule has 0 bridgehead atoms. The first-order valence-electron chi connectivity index (χ1n) is 7.03. The quantitative estimate of drug-likeness (QED) is 0.735. The minimum Gasteiger partial charge on any atom is -0.369 e. The Kier molecular flexibility index (Phi) is 5.25. The lowest BCUT2D eigenvalue weighted by molar-refractivity contribution is 0.0851. The van der Waals surface area contributed by atoms with Gasteiger partial charge >= 0.3 is 8.80 Å². The third-order valence-corrected chi connectivity index (χ3v) is 5.83. The summed E-state index contributed by atoms with van der Waals surface area (Å²) >= 11 is 0. The van der Waals surface area contributed by atoms with Crippen LogP contribution in [0, 0.1) is 0 Å². The van der Waals surface area contributed by atoms with Crippen LogP contribution in [0.1, 0.15) is 20.8 Å². The van der Waals surface area contributed by atoms with E-state index in [1.807, 2.05) is 57.2 Å². The number of benzene rings is 1. The van der Waals surface area contributed by atoms with Gasteiger partial charge in [-0.1, -0.05) is 24.3 Å². The molecular formula is C15H21NO3Si. The molecule has 0 fully saturated rings. The molecule has 1 aromatic carbocycles. The molecule has 4 nitrogen and oxygen atoms in total. The Balaban J connectivity index is 2.48. The first-order chi connectivity index (χ1) is 9.75. The van der Waals surface area contributed by atoms with Crippen molar-refractivity contribution >= 4 is 25.0 Å². The fraction of sp³-hybridized carbons (Fsp3) is 0.400. The largest absolute Gasteiger partial charge is 0.556 e. The lowest BCUT2D eigenvalue weighted by atomic mass is 10.2. The van der Waals surface area contributed by atoms with Gasteiger partial charge in [0, 0.05) is 25.2 Å². The van der Waals surface area contributed by atoms with E-state index in [9.17, 15) is 0 Å². The van der Waals surface area contributed by atoms with Gasteiger partial charge in [0.05, 0.1) is 5.52 Å². The van der Waals surface area contributed by atoms with E-state index in [-0.39, 0.29) is 0 Å². The first-order valence-corrected chi connectivity index (χ1v) is 8.76. The number of rotatable bonds is 7. The Hall–Kier alpha value is -1.27. The van der Waals surface area contributed by atoms with Crippen LogP contribution in [-0.4, -0.2) is 33.6 Å². The summed E-state index contributed by atoms with van der Waals surface area (Å²) in [5.41, 5.74) is 0.931. The average Bonchev–Trinajstić information content (AvgIpc) is 2.47. The maximum absolute atomic E-state index is 5.88.